The zero-order chi connectivity index (χ0) is 22.4. The van der Waals surface area contributed by atoms with Gasteiger partial charge in [-0.25, -0.2) is 0 Å². The molecule has 6 nitrogen and oxygen atoms in total. The summed E-state index contributed by atoms with van der Waals surface area (Å²) < 4.78 is 8.05. The summed E-state index contributed by atoms with van der Waals surface area (Å²) >= 11 is 1.38. The Labute approximate surface area is 188 Å². The number of carbonyl (C=O) groups excluding carboxylic acids is 1. The van der Waals surface area contributed by atoms with E-state index in [1.165, 1.54) is 17.3 Å². The van der Waals surface area contributed by atoms with Crippen LogP contribution in [0.4, 0.5) is 5.69 Å². The van der Waals surface area contributed by atoms with Crippen LogP contribution in [0.2, 0.25) is 0 Å². The van der Waals surface area contributed by atoms with E-state index in [2.05, 4.69) is 29.4 Å². The number of aromatic nitrogens is 3. The quantitative estimate of drug-likeness (QED) is 0.440. The number of anilines is 1. The minimum Gasteiger partial charge on any atom is -0.483 e. The molecule has 31 heavy (non-hydrogen) atoms. The number of aryl methyl sites for hydroxylation is 1. The van der Waals surface area contributed by atoms with Crippen LogP contribution in [0.5, 0.6) is 5.75 Å². The predicted octanol–water partition coefficient (Wildman–Crippen LogP) is 5.60. The Hall–Kier alpha value is -2.80. The fourth-order valence-corrected chi connectivity index (χ4v) is 4.04. The molecule has 7 heteroatoms. The second-order valence-corrected chi connectivity index (χ2v) is 8.72. The van der Waals surface area contributed by atoms with Gasteiger partial charge in [0.05, 0.1) is 5.75 Å². The number of ether oxygens (including phenoxy) is 1. The molecule has 0 fully saturated rings. The van der Waals surface area contributed by atoms with Crippen LogP contribution in [0, 0.1) is 6.92 Å². The van der Waals surface area contributed by atoms with Gasteiger partial charge in [0, 0.05) is 12.2 Å². The normalized spacial score (nSPS) is 12.1. The maximum Gasteiger partial charge on any atom is 0.234 e. The minimum atomic E-state index is -0.253. The first kappa shape index (κ1) is 22.9. The molecule has 2 aromatic carbocycles. The van der Waals surface area contributed by atoms with E-state index < -0.39 is 0 Å². The molecule has 0 aliphatic heterocycles. The third-order valence-electron chi connectivity index (χ3n) is 4.92. The number of carbonyl (C=O) groups is 1. The first-order valence-corrected chi connectivity index (χ1v) is 11.5. The summed E-state index contributed by atoms with van der Waals surface area (Å²) in [5.74, 6) is 2.20. The molecule has 1 atom stereocenters. The van der Waals surface area contributed by atoms with Gasteiger partial charge in [-0.3, -0.25) is 4.79 Å². The van der Waals surface area contributed by atoms with Gasteiger partial charge in [-0.1, -0.05) is 49.9 Å². The molecule has 0 saturated carbocycles. The van der Waals surface area contributed by atoms with Gasteiger partial charge in [0.25, 0.3) is 0 Å². The van der Waals surface area contributed by atoms with Gasteiger partial charge in [0.1, 0.15) is 5.75 Å². The number of nitrogens with one attached hydrogen (secondary N) is 1. The highest BCUT2D eigenvalue weighted by atomic mass is 32.2. The van der Waals surface area contributed by atoms with E-state index in [1.54, 1.807) is 0 Å². The average molecular weight is 439 g/mol. The van der Waals surface area contributed by atoms with Crippen LogP contribution in [0.25, 0.3) is 0 Å². The second-order valence-electron chi connectivity index (χ2n) is 7.78. The van der Waals surface area contributed by atoms with Crippen LogP contribution >= 0.6 is 11.8 Å². The zero-order valence-electron chi connectivity index (χ0n) is 18.8. The number of thioether (sulfide) groups is 1. The van der Waals surface area contributed by atoms with E-state index in [0.29, 0.717) is 17.6 Å². The fraction of sp³-hybridized carbons (Fsp3) is 0.375. The monoisotopic (exact) mass is 438 g/mol. The Morgan fingerprint density at radius 1 is 1.13 bits per heavy atom. The summed E-state index contributed by atoms with van der Waals surface area (Å²) in [6.07, 6.45) is -0.253. The second kappa shape index (κ2) is 10.5. The Kier molecular flexibility index (Phi) is 7.74. The molecule has 3 rings (SSSR count). The molecule has 1 aromatic heterocycles. The van der Waals surface area contributed by atoms with Crippen molar-refractivity contribution in [2.75, 3.05) is 11.1 Å². The predicted molar refractivity (Wildman–Crippen MR) is 126 cm³/mol. The van der Waals surface area contributed by atoms with Gasteiger partial charge in [0.2, 0.25) is 5.91 Å². The van der Waals surface area contributed by atoms with Crippen LogP contribution in [-0.4, -0.2) is 26.4 Å². The average Bonchev–Trinajstić information content (AvgIpc) is 3.16. The van der Waals surface area contributed by atoms with Crippen molar-refractivity contribution >= 4 is 23.4 Å². The lowest BCUT2D eigenvalue weighted by Gasteiger charge is -2.16. The van der Waals surface area contributed by atoms with Gasteiger partial charge in [-0.2, -0.15) is 0 Å². The maximum atomic E-state index is 12.4. The lowest BCUT2D eigenvalue weighted by Crippen LogP contribution is -2.15. The third kappa shape index (κ3) is 6.10. The SMILES string of the molecule is CCn1c(SCC(=O)Nc2ccc(C(C)C)cc2)nnc1C(C)Oc1cccc(C)c1. The van der Waals surface area contributed by atoms with E-state index in [9.17, 15) is 4.79 Å². The smallest absolute Gasteiger partial charge is 0.234 e. The van der Waals surface area contributed by atoms with Crippen molar-refractivity contribution in [3.8, 4) is 5.75 Å². The van der Waals surface area contributed by atoms with E-state index in [0.717, 1.165) is 22.8 Å². The third-order valence-corrected chi connectivity index (χ3v) is 5.89. The molecule has 0 radical (unpaired) electrons. The van der Waals surface area contributed by atoms with Crippen molar-refractivity contribution in [2.24, 2.45) is 0 Å². The van der Waals surface area contributed by atoms with Gasteiger partial charge < -0.3 is 14.6 Å². The van der Waals surface area contributed by atoms with E-state index in [-0.39, 0.29) is 17.8 Å². The van der Waals surface area contributed by atoms with E-state index >= 15 is 0 Å². The number of amides is 1. The van der Waals surface area contributed by atoms with Crippen LogP contribution < -0.4 is 10.1 Å². The molecular formula is C24H30N4O2S. The van der Waals surface area contributed by atoms with Crippen molar-refractivity contribution < 1.29 is 9.53 Å². The molecule has 3 aromatic rings. The van der Waals surface area contributed by atoms with Gasteiger partial charge >= 0.3 is 0 Å². The Balaban J connectivity index is 1.60. The molecule has 0 spiro atoms. The van der Waals surface area contributed by atoms with Gasteiger partial charge in [-0.15, -0.1) is 10.2 Å². The number of hydrogen-bond acceptors (Lipinski definition) is 5. The zero-order valence-corrected chi connectivity index (χ0v) is 19.6. The van der Waals surface area contributed by atoms with Crippen LogP contribution in [0.1, 0.15) is 56.7 Å². The van der Waals surface area contributed by atoms with Crippen LogP contribution in [0.3, 0.4) is 0 Å². The molecular weight excluding hydrogens is 408 g/mol. The Morgan fingerprint density at radius 3 is 2.52 bits per heavy atom. The molecule has 0 aliphatic rings. The molecule has 1 N–H and O–H groups in total. The Morgan fingerprint density at radius 2 is 1.87 bits per heavy atom. The first-order chi connectivity index (χ1) is 14.9. The number of nitrogens with zero attached hydrogens (tertiary/aromatic N) is 3. The first-order valence-electron chi connectivity index (χ1n) is 10.6. The van der Waals surface area contributed by atoms with Gasteiger partial charge in [-0.05, 0) is 62.1 Å². The highest BCUT2D eigenvalue weighted by Crippen LogP contribution is 2.25. The Bertz CT molecular complexity index is 1010. The van der Waals surface area contributed by atoms with Crippen molar-refractivity contribution in [3.63, 3.8) is 0 Å². The highest BCUT2D eigenvalue weighted by Gasteiger charge is 2.19. The largest absolute Gasteiger partial charge is 0.483 e. The van der Waals surface area contributed by atoms with Crippen molar-refractivity contribution in [2.45, 2.75) is 58.3 Å². The molecule has 1 heterocycles. The fourth-order valence-electron chi connectivity index (χ4n) is 3.23. The summed E-state index contributed by atoms with van der Waals surface area (Å²) in [4.78, 5) is 12.4. The van der Waals surface area contributed by atoms with Crippen molar-refractivity contribution in [3.05, 3.63) is 65.5 Å². The molecule has 1 unspecified atom stereocenters. The molecule has 164 valence electrons. The lowest BCUT2D eigenvalue weighted by molar-refractivity contribution is -0.113. The summed E-state index contributed by atoms with van der Waals surface area (Å²) in [7, 11) is 0. The topological polar surface area (TPSA) is 69.0 Å². The number of rotatable bonds is 9. The van der Waals surface area contributed by atoms with Crippen molar-refractivity contribution in [1.29, 1.82) is 0 Å². The standard InChI is InChI=1S/C24H30N4O2S/c1-6-28-23(18(5)30-21-9-7-8-17(4)14-21)26-27-24(28)31-15-22(29)25-20-12-10-19(11-13-20)16(2)3/h7-14,16,18H,6,15H2,1-5H3,(H,25,29). The summed E-state index contributed by atoms with van der Waals surface area (Å²) in [5, 5.41) is 12.3. The molecule has 0 saturated heterocycles. The van der Waals surface area contributed by atoms with E-state index in [4.69, 9.17) is 4.74 Å². The van der Waals surface area contributed by atoms with Crippen LogP contribution in [0.15, 0.2) is 53.7 Å². The van der Waals surface area contributed by atoms with Crippen LogP contribution in [-0.2, 0) is 11.3 Å². The van der Waals surface area contributed by atoms with Gasteiger partial charge in [0.15, 0.2) is 17.1 Å². The van der Waals surface area contributed by atoms with Crippen molar-refractivity contribution in [1.82, 2.24) is 14.8 Å². The lowest BCUT2D eigenvalue weighted by atomic mass is 10.0. The number of hydrogen-bond donors (Lipinski definition) is 1. The molecule has 1 amide bonds. The summed E-state index contributed by atoms with van der Waals surface area (Å²) in [6, 6.07) is 15.9. The van der Waals surface area contributed by atoms with E-state index in [1.807, 2.05) is 73.9 Å². The maximum absolute atomic E-state index is 12.4. The molecule has 0 aliphatic carbocycles. The summed E-state index contributed by atoms with van der Waals surface area (Å²) in [6.45, 7) is 11.0. The summed E-state index contributed by atoms with van der Waals surface area (Å²) in [5.41, 5.74) is 3.19. The number of benzene rings is 2. The molecule has 0 bridgehead atoms. The minimum absolute atomic E-state index is 0.0708. The highest BCUT2D eigenvalue weighted by molar-refractivity contribution is 7.99.